The molecule has 0 aliphatic carbocycles. The number of benzene rings is 3. The first-order valence-electron chi connectivity index (χ1n) is 14.5. The molecule has 0 radical (unpaired) electrons. The van der Waals surface area contributed by atoms with Gasteiger partial charge >= 0.3 is 17.8 Å². The van der Waals surface area contributed by atoms with E-state index < -0.39 is 65.4 Å². The third kappa shape index (κ3) is 6.08. The number of methoxy groups -OCH3 is 2. The second-order valence-corrected chi connectivity index (χ2v) is 11.2. The van der Waals surface area contributed by atoms with Gasteiger partial charge in [0.1, 0.15) is 29.8 Å². The number of hydrogen-bond donors (Lipinski definition) is 5. The number of rotatable bonds is 10. The maximum absolute atomic E-state index is 13.2. The summed E-state index contributed by atoms with van der Waals surface area (Å²) in [5.41, 5.74) is -5.09. The fourth-order valence-corrected chi connectivity index (χ4v) is 6.12. The van der Waals surface area contributed by atoms with Crippen LogP contribution in [0.25, 0.3) is 0 Å². The summed E-state index contributed by atoms with van der Waals surface area (Å²) in [7, 11) is 2.94. The van der Waals surface area contributed by atoms with Gasteiger partial charge in [0.25, 0.3) is 5.56 Å². The maximum atomic E-state index is 13.2. The van der Waals surface area contributed by atoms with Gasteiger partial charge in [0, 0.05) is 12.3 Å². The number of H-pyrrole nitrogens is 1. The van der Waals surface area contributed by atoms with Crippen molar-refractivity contribution in [2.75, 3.05) is 20.8 Å². The van der Waals surface area contributed by atoms with E-state index in [2.05, 4.69) is 0 Å². The van der Waals surface area contributed by atoms with Gasteiger partial charge in [0.15, 0.2) is 11.8 Å². The van der Waals surface area contributed by atoms with Crippen molar-refractivity contribution in [3.8, 4) is 11.5 Å². The van der Waals surface area contributed by atoms with E-state index in [1.807, 2.05) is 4.98 Å². The zero-order chi connectivity index (χ0) is 34.9. The quantitative estimate of drug-likeness (QED) is 0.157. The highest BCUT2D eigenvalue weighted by atomic mass is 19.4. The molecule has 15 heteroatoms. The number of hydrogen-bond acceptors (Lipinski definition) is 9. The van der Waals surface area contributed by atoms with E-state index in [1.54, 1.807) is 78.9 Å². The second-order valence-electron chi connectivity index (χ2n) is 11.2. The Balaban J connectivity index is 1.73. The first-order chi connectivity index (χ1) is 22.8. The number of carbonyl (C=O) groups excluding carboxylic acids is 1. The van der Waals surface area contributed by atoms with Crippen molar-refractivity contribution in [3.63, 3.8) is 0 Å². The topological polar surface area (TPSA) is 172 Å². The van der Waals surface area contributed by atoms with E-state index in [4.69, 9.17) is 14.2 Å². The molecule has 1 amide bonds. The lowest BCUT2D eigenvalue weighted by Gasteiger charge is -2.43. The average Bonchev–Trinajstić information content (AvgIpc) is 3.34. The van der Waals surface area contributed by atoms with E-state index in [0.717, 1.165) is 12.3 Å². The number of aliphatic hydroxyl groups is 3. The van der Waals surface area contributed by atoms with Gasteiger partial charge in [-0.15, -0.1) is 0 Å². The van der Waals surface area contributed by atoms with Gasteiger partial charge in [-0.2, -0.15) is 13.2 Å². The Hall–Kier alpha value is -4.96. The molecule has 3 aromatic carbocycles. The van der Waals surface area contributed by atoms with Crippen LogP contribution in [0.5, 0.6) is 11.5 Å². The molecule has 0 spiro atoms. The number of aromatic amines is 1. The molecule has 5 rings (SSSR count). The van der Waals surface area contributed by atoms with Crippen LogP contribution in [0.4, 0.5) is 13.2 Å². The Morgan fingerprint density at radius 3 is 1.94 bits per heavy atom. The van der Waals surface area contributed by atoms with E-state index in [0.29, 0.717) is 32.8 Å². The number of halogens is 3. The third-order valence-corrected chi connectivity index (χ3v) is 8.51. The van der Waals surface area contributed by atoms with Crippen molar-refractivity contribution in [2.45, 2.75) is 41.7 Å². The molecule has 1 aliphatic rings. The smallest absolute Gasteiger partial charge is 0.471 e. The highest BCUT2D eigenvalue weighted by Crippen LogP contribution is 2.49. The van der Waals surface area contributed by atoms with Crippen LogP contribution >= 0.6 is 0 Å². The predicted octanol–water partition coefficient (Wildman–Crippen LogP) is 1.62. The average molecular weight is 672 g/mol. The molecule has 1 aromatic heterocycles. The maximum Gasteiger partial charge on any atom is 0.471 e. The lowest BCUT2D eigenvalue weighted by molar-refractivity contribution is -0.176. The van der Waals surface area contributed by atoms with Crippen LogP contribution in [-0.2, 0) is 14.9 Å². The molecule has 12 nitrogen and oxygen atoms in total. The summed E-state index contributed by atoms with van der Waals surface area (Å²) < 4.78 is 56.8. The minimum absolute atomic E-state index is 0.446. The Labute approximate surface area is 271 Å². The molecule has 1 fully saturated rings. The zero-order valence-corrected chi connectivity index (χ0v) is 25.5. The van der Waals surface area contributed by atoms with Crippen LogP contribution in [0.1, 0.15) is 22.9 Å². The lowest BCUT2D eigenvalue weighted by atomic mass is 9.63. The van der Waals surface area contributed by atoms with Gasteiger partial charge in [0.05, 0.1) is 26.2 Å². The molecule has 48 heavy (non-hydrogen) atoms. The number of aliphatic hydroxyl groups excluding tert-OH is 2. The summed E-state index contributed by atoms with van der Waals surface area (Å²) in [6.45, 7) is -1.27. The Kier molecular flexibility index (Phi) is 9.51. The van der Waals surface area contributed by atoms with E-state index in [1.165, 1.54) is 19.5 Å². The minimum Gasteiger partial charge on any atom is -0.497 e. The van der Waals surface area contributed by atoms with Crippen molar-refractivity contribution in [3.05, 3.63) is 129 Å². The number of aromatic nitrogens is 2. The minimum atomic E-state index is -5.35. The standard InChI is InChI=1S/C33H32F3N3O9/c1-46-22-12-8-20(9-13-22)32(19-6-4-3-5-7-19,21-10-14-23(47-2)15-11-21)27(42)25-26(41)31(45,18-37-28(43)33(34,35)36)29(48-25)39-17-16-24(40)38-30(39)44/h3-17,25-27,29,41-42,45H,18H2,1-2H3,(H,37,43)(H,38,40,44)/t25-,26+,27?,29+,31+/m0/s1. The summed E-state index contributed by atoms with van der Waals surface area (Å²) in [6.07, 6.45) is -12.4. The van der Waals surface area contributed by atoms with Crippen molar-refractivity contribution in [1.29, 1.82) is 0 Å². The van der Waals surface area contributed by atoms with Crippen LogP contribution in [0, 0.1) is 0 Å². The van der Waals surface area contributed by atoms with Gasteiger partial charge in [-0.3, -0.25) is 19.1 Å². The normalized spacial score (nSPS) is 21.8. The molecule has 5 atom stereocenters. The van der Waals surface area contributed by atoms with Crippen molar-refractivity contribution in [2.24, 2.45) is 0 Å². The van der Waals surface area contributed by atoms with Gasteiger partial charge in [-0.05, 0) is 41.0 Å². The molecular formula is C33H32F3N3O9. The van der Waals surface area contributed by atoms with Gasteiger partial charge in [-0.25, -0.2) is 4.79 Å². The number of ether oxygens (including phenoxy) is 3. The molecule has 254 valence electrons. The van der Waals surface area contributed by atoms with Crippen molar-refractivity contribution in [1.82, 2.24) is 14.9 Å². The molecule has 1 aliphatic heterocycles. The monoisotopic (exact) mass is 671 g/mol. The Morgan fingerprint density at radius 2 is 1.46 bits per heavy atom. The fraction of sp³-hybridized carbons (Fsp3) is 0.303. The van der Waals surface area contributed by atoms with Crippen molar-refractivity contribution >= 4 is 5.91 Å². The summed E-state index contributed by atoms with van der Waals surface area (Å²) in [5.74, 6) is -1.47. The number of alkyl halides is 3. The largest absolute Gasteiger partial charge is 0.497 e. The van der Waals surface area contributed by atoms with Gasteiger partial charge in [-0.1, -0.05) is 54.6 Å². The van der Waals surface area contributed by atoms with Crippen LogP contribution in [0.2, 0.25) is 0 Å². The first kappa shape index (κ1) is 34.4. The highest BCUT2D eigenvalue weighted by Gasteiger charge is 2.62. The van der Waals surface area contributed by atoms with Crippen molar-refractivity contribution < 1.29 is 47.5 Å². The summed E-state index contributed by atoms with van der Waals surface area (Å²) >= 11 is 0. The van der Waals surface area contributed by atoms with Crippen LogP contribution < -0.4 is 26.0 Å². The molecule has 5 N–H and O–H groups in total. The van der Waals surface area contributed by atoms with Crippen LogP contribution in [0.3, 0.4) is 0 Å². The molecule has 0 bridgehead atoms. The zero-order valence-electron chi connectivity index (χ0n) is 25.5. The summed E-state index contributed by atoms with van der Waals surface area (Å²) in [4.78, 5) is 38.4. The van der Waals surface area contributed by atoms with E-state index in [-0.39, 0.29) is 0 Å². The molecule has 1 unspecified atom stereocenters. The second kappa shape index (κ2) is 13.3. The van der Waals surface area contributed by atoms with E-state index in [9.17, 15) is 42.9 Å². The predicted molar refractivity (Wildman–Crippen MR) is 164 cm³/mol. The first-order valence-corrected chi connectivity index (χ1v) is 14.5. The van der Waals surface area contributed by atoms with Crippen LogP contribution in [-0.4, -0.2) is 81.6 Å². The number of nitrogens with zero attached hydrogens (tertiary/aromatic N) is 1. The molecule has 1 saturated heterocycles. The number of carbonyl (C=O) groups is 1. The highest BCUT2D eigenvalue weighted by molar-refractivity contribution is 5.81. The number of amides is 1. The van der Waals surface area contributed by atoms with E-state index >= 15 is 0 Å². The van der Waals surface area contributed by atoms with Gasteiger partial charge in [0.2, 0.25) is 0 Å². The summed E-state index contributed by atoms with van der Waals surface area (Å²) in [5, 5.41) is 37.7. The molecule has 4 aromatic rings. The van der Waals surface area contributed by atoms with Gasteiger partial charge < -0.3 is 34.8 Å². The SMILES string of the molecule is COc1ccc(C(c2ccccc2)(c2ccc(OC)cc2)C(O)[C@H]2O[C@@H](n3ccc(=O)[nH]c3=O)[C@@](O)(CNC(=O)C(F)(F)F)[C@@H]2O)cc1. The van der Waals surface area contributed by atoms with Crippen LogP contribution in [0.15, 0.2) is 101 Å². The molecule has 2 heterocycles. The Morgan fingerprint density at radius 1 is 0.938 bits per heavy atom. The lowest BCUT2D eigenvalue weighted by Crippen LogP contribution is -2.59. The fourth-order valence-electron chi connectivity index (χ4n) is 6.12. The third-order valence-electron chi connectivity index (χ3n) is 8.51. The molecule has 0 saturated carbocycles. The number of nitrogens with one attached hydrogen (secondary N) is 2. The summed E-state index contributed by atoms with van der Waals surface area (Å²) in [6, 6.07) is 22.7. The Bertz CT molecular complexity index is 1800. The molecular weight excluding hydrogens is 639 g/mol.